The van der Waals surface area contributed by atoms with Crippen molar-refractivity contribution in [1.29, 1.82) is 0 Å². The monoisotopic (exact) mass is 702 g/mol. The average Bonchev–Trinajstić information content (AvgIpc) is 3.82. The summed E-state index contributed by atoms with van der Waals surface area (Å²) < 4.78 is 9.05. The highest BCUT2D eigenvalue weighted by Gasteiger charge is 2.22. The van der Waals surface area contributed by atoms with Gasteiger partial charge in [0.1, 0.15) is 11.2 Å². The van der Waals surface area contributed by atoms with E-state index in [2.05, 4.69) is 210 Å². The molecule has 3 nitrogen and oxygen atoms in total. The molecule has 258 valence electrons. The van der Waals surface area contributed by atoms with Crippen LogP contribution < -0.4 is 4.90 Å². The second kappa shape index (κ2) is 12.6. The first-order chi connectivity index (χ1) is 27.3. The minimum Gasteiger partial charge on any atom is -0.455 e. The van der Waals surface area contributed by atoms with E-state index in [9.17, 15) is 0 Å². The van der Waals surface area contributed by atoms with Gasteiger partial charge in [-0.15, -0.1) is 0 Å². The van der Waals surface area contributed by atoms with Crippen LogP contribution >= 0.6 is 0 Å². The number of hydrogen-bond acceptors (Lipinski definition) is 2. The van der Waals surface area contributed by atoms with Gasteiger partial charge in [0.25, 0.3) is 0 Å². The minimum absolute atomic E-state index is 0.901. The molecule has 9 aromatic carbocycles. The van der Waals surface area contributed by atoms with Gasteiger partial charge in [-0.05, 0) is 88.1 Å². The molecule has 0 fully saturated rings. The maximum absolute atomic E-state index is 6.64. The molecule has 55 heavy (non-hydrogen) atoms. The van der Waals surface area contributed by atoms with Crippen molar-refractivity contribution in [2.24, 2.45) is 0 Å². The van der Waals surface area contributed by atoms with Gasteiger partial charge in [0.15, 0.2) is 0 Å². The second-order valence-electron chi connectivity index (χ2n) is 14.1. The summed E-state index contributed by atoms with van der Waals surface area (Å²) in [5, 5.41) is 7.13. The van der Waals surface area contributed by atoms with Crippen molar-refractivity contribution in [1.82, 2.24) is 4.57 Å². The molecule has 0 amide bonds. The van der Waals surface area contributed by atoms with Crippen molar-refractivity contribution in [3.63, 3.8) is 0 Å². The summed E-state index contributed by atoms with van der Waals surface area (Å²) in [4.78, 5) is 2.41. The zero-order valence-electron chi connectivity index (χ0n) is 29.9. The zero-order chi connectivity index (χ0) is 36.3. The van der Waals surface area contributed by atoms with Crippen LogP contribution in [0.4, 0.5) is 17.1 Å². The molecule has 0 N–H and O–H groups in total. The van der Waals surface area contributed by atoms with E-state index in [4.69, 9.17) is 4.42 Å². The lowest BCUT2D eigenvalue weighted by atomic mass is 9.96. The Kier molecular flexibility index (Phi) is 7.17. The summed E-state index contributed by atoms with van der Waals surface area (Å²) >= 11 is 0. The summed E-state index contributed by atoms with van der Waals surface area (Å²) in [6.45, 7) is 0. The maximum atomic E-state index is 6.64. The predicted octanol–water partition coefficient (Wildman–Crippen LogP) is 14.6. The SMILES string of the molecule is c1ccc(-c2cccc(N(c3ccc(-c4cc5ccccc5c5c4oc4ccccc45)cc3)c3cccc4c5ccccc5n(-c5ccccc5)c34)c2)cc1. The van der Waals surface area contributed by atoms with Gasteiger partial charge in [0, 0.05) is 44.2 Å². The molecule has 0 aliphatic heterocycles. The van der Waals surface area contributed by atoms with E-state index in [1.54, 1.807) is 0 Å². The predicted molar refractivity (Wildman–Crippen MR) is 231 cm³/mol. The molecule has 0 saturated carbocycles. The van der Waals surface area contributed by atoms with Crippen LogP contribution in [0.3, 0.4) is 0 Å². The quantitative estimate of drug-likeness (QED) is 0.172. The lowest BCUT2D eigenvalue weighted by Crippen LogP contribution is -2.11. The normalized spacial score (nSPS) is 11.6. The van der Waals surface area contributed by atoms with Crippen LogP contribution in [0.15, 0.2) is 211 Å². The Hall–Kier alpha value is -7.36. The van der Waals surface area contributed by atoms with Crippen LogP contribution in [0.5, 0.6) is 0 Å². The average molecular weight is 703 g/mol. The standard InChI is InChI=1S/C52H34N2O/c1-3-15-35(16-4-1)37-18-13-21-41(33-37)53(48-27-14-25-44-43-23-9-11-26-47(43)54(51(44)48)39-19-5-2-6-20-39)40-31-29-36(30-32-40)46-34-38-17-7-8-22-42(38)50-45-24-10-12-28-49(45)55-52(46)50/h1-34H. The Morgan fingerprint density at radius 3 is 1.91 bits per heavy atom. The number of hydrogen-bond donors (Lipinski definition) is 0. The van der Waals surface area contributed by atoms with E-state index in [0.29, 0.717) is 0 Å². The summed E-state index contributed by atoms with van der Waals surface area (Å²) in [7, 11) is 0. The van der Waals surface area contributed by atoms with Crippen molar-refractivity contribution >= 4 is 71.6 Å². The van der Waals surface area contributed by atoms with Gasteiger partial charge in [-0.3, -0.25) is 0 Å². The third-order valence-electron chi connectivity index (χ3n) is 10.9. The number of fused-ring (bicyclic) bond motifs is 8. The summed E-state index contributed by atoms with van der Waals surface area (Å²) in [6.07, 6.45) is 0. The fourth-order valence-corrected chi connectivity index (χ4v) is 8.49. The first-order valence-corrected chi connectivity index (χ1v) is 18.8. The molecule has 0 aliphatic rings. The first-order valence-electron chi connectivity index (χ1n) is 18.8. The zero-order valence-corrected chi connectivity index (χ0v) is 29.9. The van der Waals surface area contributed by atoms with Gasteiger partial charge < -0.3 is 13.9 Å². The number of rotatable bonds is 6. The molecule has 0 unspecified atom stereocenters. The van der Waals surface area contributed by atoms with Crippen LogP contribution in [0.1, 0.15) is 0 Å². The summed E-state index contributed by atoms with van der Waals surface area (Å²) in [6, 6.07) is 73.9. The first kappa shape index (κ1) is 31.2. The molecule has 0 spiro atoms. The Morgan fingerprint density at radius 1 is 0.418 bits per heavy atom. The number of benzene rings is 9. The molecule has 0 atom stereocenters. The molecule has 0 saturated heterocycles. The molecule has 3 heteroatoms. The number of anilines is 3. The van der Waals surface area contributed by atoms with Gasteiger partial charge in [-0.25, -0.2) is 0 Å². The highest BCUT2D eigenvalue weighted by molar-refractivity contribution is 6.22. The number of furan rings is 1. The van der Waals surface area contributed by atoms with E-state index in [1.807, 2.05) is 6.07 Å². The van der Waals surface area contributed by atoms with E-state index in [-0.39, 0.29) is 0 Å². The smallest absolute Gasteiger partial charge is 0.143 e. The third kappa shape index (κ3) is 5.05. The number of nitrogens with zero attached hydrogens (tertiary/aromatic N) is 2. The fourth-order valence-electron chi connectivity index (χ4n) is 8.49. The Balaban J connectivity index is 1.15. The van der Waals surface area contributed by atoms with E-state index in [0.717, 1.165) is 61.3 Å². The Bertz CT molecular complexity index is 3190. The fraction of sp³-hybridized carbons (Fsp3) is 0. The van der Waals surface area contributed by atoms with Crippen molar-refractivity contribution in [3.05, 3.63) is 206 Å². The lowest BCUT2D eigenvalue weighted by molar-refractivity contribution is 0.670. The molecule has 11 aromatic rings. The van der Waals surface area contributed by atoms with Crippen LogP contribution in [-0.2, 0) is 0 Å². The topological polar surface area (TPSA) is 21.3 Å². The molecule has 11 rings (SSSR count). The molecule has 0 bridgehead atoms. The van der Waals surface area contributed by atoms with Gasteiger partial charge in [0.05, 0.1) is 16.7 Å². The van der Waals surface area contributed by atoms with Crippen molar-refractivity contribution in [2.75, 3.05) is 4.90 Å². The molecule has 0 radical (unpaired) electrons. The largest absolute Gasteiger partial charge is 0.455 e. The van der Waals surface area contributed by atoms with Crippen molar-refractivity contribution < 1.29 is 4.42 Å². The number of para-hydroxylation sites is 4. The highest BCUT2D eigenvalue weighted by Crippen LogP contribution is 2.46. The maximum Gasteiger partial charge on any atom is 0.143 e. The molecule has 0 aliphatic carbocycles. The molecule has 2 aromatic heterocycles. The van der Waals surface area contributed by atoms with Gasteiger partial charge in [-0.2, -0.15) is 0 Å². The second-order valence-corrected chi connectivity index (χ2v) is 14.1. The Morgan fingerprint density at radius 2 is 1.07 bits per heavy atom. The van der Waals surface area contributed by atoms with Crippen LogP contribution in [0, 0.1) is 0 Å². The van der Waals surface area contributed by atoms with Gasteiger partial charge in [-0.1, -0.05) is 146 Å². The van der Waals surface area contributed by atoms with Crippen molar-refractivity contribution in [3.8, 4) is 27.9 Å². The summed E-state index contributed by atoms with van der Waals surface area (Å²) in [5.74, 6) is 0. The third-order valence-corrected chi connectivity index (χ3v) is 10.9. The molecular formula is C52H34N2O. The van der Waals surface area contributed by atoms with Crippen LogP contribution in [-0.4, -0.2) is 4.57 Å². The Labute approximate surface area is 318 Å². The van der Waals surface area contributed by atoms with Crippen LogP contribution in [0.2, 0.25) is 0 Å². The minimum atomic E-state index is 0.901. The lowest BCUT2D eigenvalue weighted by Gasteiger charge is -2.28. The number of aromatic nitrogens is 1. The van der Waals surface area contributed by atoms with Gasteiger partial charge in [0.2, 0.25) is 0 Å². The van der Waals surface area contributed by atoms with Crippen molar-refractivity contribution in [2.45, 2.75) is 0 Å². The molecule has 2 heterocycles. The van der Waals surface area contributed by atoms with Crippen LogP contribution in [0.25, 0.3) is 82.5 Å². The summed E-state index contributed by atoms with van der Waals surface area (Å²) in [5.41, 5.74) is 13.1. The van der Waals surface area contributed by atoms with E-state index < -0.39 is 0 Å². The molecular weight excluding hydrogens is 669 g/mol. The van der Waals surface area contributed by atoms with E-state index >= 15 is 0 Å². The highest BCUT2D eigenvalue weighted by atomic mass is 16.3. The van der Waals surface area contributed by atoms with Gasteiger partial charge >= 0.3 is 0 Å². The van der Waals surface area contributed by atoms with E-state index in [1.165, 1.54) is 38.2 Å².